The third-order valence-electron chi connectivity index (χ3n) is 4.02. The van der Waals surface area contributed by atoms with E-state index < -0.39 is 27.0 Å². The van der Waals surface area contributed by atoms with E-state index in [2.05, 4.69) is 0 Å². The lowest BCUT2D eigenvalue weighted by atomic mass is 9.95. The largest absolute Gasteiger partial charge is 0.384 e. The zero-order valence-corrected chi connectivity index (χ0v) is 13.9. The zero-order valence-electron chi connectivity index (χ0n) is 13.1. The molecule has 0 aliphatic heterocycles. The lowest BCUT2D eigenvalue weighted by Gasteiger charge is -2.24. The highest BCUT2D eigenvalue weighted by Gasteiger charge is 2.31. The molecule has 0 saturated heterocycles. The molecule has 0 aliphatic carbocycles. The second-order valence-corrected chi connectivity index (χ2v) is 8.04. The Hall–Kier alpha value is -2.24. The third kappa shape index (κ3) is 3.32. The summed E-state index contributed by atoms with van der Waals surface area (Å²) in [5.41, 5.74) is -1.04. The van der Waals surface area contributed by atoms with Crippen molar-refractivity contribution in [3.8, 4) is 0 Å². The minimum Gasteiger partial charge on any atom is -0.384 e. The summed E-state index contributed by atoms with van der Waals surface area (Å²) < 4.78 is 38.0. The SMILES string of the molecule is CC(O)(CS(=O)(=O)c1ccc(F)cc1)c1ccc2ccccc2c1. The van der Waals surface area contributed by atoms with Gasteiger partial charge in [-0.05, 0) is 53.6 Å². The molecule has 0 aromatic heterocycles. The van der Waals surface area contributed by atoms with Gasteiger partial charge in [0.15, 0.2) is 9.84 Å². The monoisotopic (exact) mass is 344 g/mol. The van der Waals surface area contributed by atoms with E-state index in [1.165, 1.54) is 19.1 Å². The van der Waals surface area contributed by atoms with Gasteiger partial charge in [-0.1, -0.05) is 36.4 Å². The summed E-state index contributed by atoms with van der Waals surface area (Å²) in [6.45, 7) is 1.47. The van der Waals surface area contributed by atoms with Crippen LogP contribution in [0.2, 0.25) is 0 Å². The van der Waals surface area contributed by atoms with Crippen molar-refractivity contribution in [1.82, 2.24) is 0 Å². The van der Waals surface area contributed by atoms with Crippen LogP contribution in [-0.4, -0.2) is 19.3 Å². The van der Waals surface area contributed by atoms with Crippen molar-refractivity contribution in [1.29, 1.82) is 0 Å². The molecule has 0 bridgehead atoms. The van der Waals surface area contributed by atoms with Crippen LogP contribution in [0.25, 0.3) is 10.8 Å². The maximum Gasteiger partial charge on any atom is 0.181 e. The second kappa shape index (κ2) is 6.00. The lowest BCUT2D eigenvalue weighted by molar-refractivity contribution is 0.0821. The van der Waals surface area contributed by atoms with Crippen molar-refractivity contribution in [2.75, 3.05) is 5.75 Å². The van der Waals surface area contributed by atoms with Gasteiger partial charge in [-0.3, -0.25) is 0 Å². The second-order valence-electron chi connectivity index (χ2n) is 6.05. The first-order valence-corrected chi connectivity index (χ1v) is 9.13. The number of fused-ring (bicyclic) bond motifs is 1. The fourth-order valence-corrected chi connectivity index (χ4v) is 4.33. The topological polar surface area (TPSA) is 54.4 Å². The number of aliphatic hydroxyl groups is 1. The molecule has 5 heteroatoms. The van der Waals surface area contributed by atoms with E-state index in [0.29, 0.717) is 5.56 Å². The molecule has 124 valence electrons. The molecule has 3 aromatic carbocycles. The Kier molecular flexibility index (Phi) is 4.15. The lowest BCUT2D eigenvalue weighted by Crippen LogP contribution is -2.31. The average Bonchev–Trinajstić information content (AvgIpc) is 2.54. The molecule has 0 spiro atoms. The quantitative estimate of drug-likeness (QED) is 0.735. The molecule has 24 heavy (non-hydrogen) atoms. The maximum absolute atomic E-state index is 13.0. The molecule has 1 N–H and O–H groups in total. The summed E-state index contributed by atoms with van der Waals surface area (Å²) in [6, 6.07) is 17.6. The van der Waals surface area contributed by atoms with Gasteiger partial charge in [0.05, 0.1) is 10.6 Å². The standard InChI is InChI=1S/C19H17FO3S/c1-19(21,13-24(22,23)18-10-8-17(20)9-11-18)16-7-6-14-4-2-3-5-15(14)12-16/h2-12,21H,13H2,1H3. The number of rotatable bonds is 4. The van der Waals surface area contributed by atoms with E-state index in [4.69, 9.17) is 0 Å². The van der Waals surface area contributed by atoms with E-state index in [-0.39, 0.29) is 4.90 Å². The van der Waals surface area contributed by atoms with Gasteiger partial charge in [-0.15, -0.1) is 0 Å². The first-order chi connectivity index (χ1) is 11.3. The van der Waals surface area contributed by atoms with Crippen molar-refractivity contribution in [2.45, 2.75) is 17.4 Å². The fourth-order valence-electron chi connectivity index (χ4n) is 2.70. The first kappa shape index (κ1) is 16.6. The van der Waals surface area contributed by atoms with Gasteiger partial charge in [-0.25, -0.2) is 12.8 Å². The maximum atomic E-state index is 13.0. The van der Waals surface area contributed by atoms with Crippen molar-refractivity contribution in [2.24, 2.45) is 0 Å². The molecule has 3 rings (SSSR count). The van der Waals surface area contributed by atoms with Crippen LogP contribution in [0.3, 0.4) is 0 Å². The number of halogens is 1. The summed E-state index contributed by atoms with van der Waals surface area (Å²) in [7, 11) is -3.75. The predicted octanol–water partition coefficient (Wildman–Crippen LogP) is 3.66. The molecule has 0 radical (unpaired) electrons. The van der Waals surface area contributed by atoms with Crippen LogP contribution in [0.5, 0.6) is 0 Å². The van der Waals surface area contributed by atoms with E-state index in [1.54, 1.807) is 12.1 Å². The average molecular weight is 344 g/mol. The summed E-state index contributed by atoms with van der Waals surface area (Å²) in [4.78, 5) is -0.00929. The van der Waals surface area contributed by atoms with Crippen molar-refractivity contribution >= 4 is 20.6 Å². The molecule has 1 atom stereocenters. The number of hydrogen-bond acceptors (Lipinski definition) is 3. The van der Waals surface area contributed by atoms with Crippen LogP contribution in [0, 0.1) is 5.82 Å². The zero-order chi connectivity index (χ0) is 17.4. The molecular weight excluding hydrogens is 327 g/mol. The van der Waals surface area contributed by atoms with Gasteiger partial charge in [0, 0.05) is 0 Å². The van der Waals surface area contributed by atoms with Gasteiger partial charge >= 0.3 is 0 Å². The van der Waals surface area contributed by atoms with E-state index >= 15 is 0 Å². The molecule has 0 fully saturated rings. The van der Waals surface area contributed by atoms with Crippen molar-refractivity contribution in [3.05, 3.63) is 78.1 Å². The Balaban J connectivity index is 1.95. The van der Waals surface area contributed by atoms with Crippen LogP contribution in [0.1, 0.15) is 12.5 Å². The number of benzene rings is 3. The summed E-state index contributed by atoms with van der Waals surface area (Å²) in [6.07, 6.45) is 0. The van der Waals surface area contributed by atoms with Crippen LogP contribution < -0.4 is 0 Å². The number of sulfone groups is 1. The van der Waals surface area contributed by atoms with E-state index in [0.717, 1.165) is 22.9 Å². The fraction of sp³-hybridized carbons (Fsp3) is 0.158. The van der Waals surface area contributed by atoms with E-state index in [1.807, 2.05) is 30.3 Å². The smallest absolute Gasteiger partial charge is 0.181 e. The van der Waals surface area contributed by atoms with Crippen LogP contribution in [0.15, 0.2) is 71.6 Å². The van der Waals surface area contributed by atoms with Gasteiger partial charge in [0.25, 0.3) is 0 Å². The summed E-state index contributed by atoms with van der Waals surface area (Å²) in [5.74, 6) is -0.987. The Morgan fingerprint density at radius 1 is 0.958 bits per heavy atom. The third-order valence-corrected chi connectivity index (χ3v) is 5.95. The van der Waals surface area contributed by atoms with Gasteiger partial charge in [0.2, 0.25) is 0 Å². The Morgan fingerprint density at radius 3 is 2.25 bits per heavy atom. The predicted molar refractivity (Wildman–Crippen MR) is 92.0 cm³/mol. The summed E-state index contributed by atoms with van der Waals surface area (Å²) >= 11 is 0. The van der Waals surface area contributed by atoms with Crippen molar-refractivity contribution in [3.63, 3.8) is 0 Å². The molecule has 0 aliphatic rings. The van der Waals surface area contributed by atoms with Crippen LogP contribution >= 0.6 is 0 Å². The first-order valence-electron chi connectivity index (χ1n) is 7.48. The van der Waals surface area contributed by atoms with Gasteiger partial charge < -0.3 is 5.11 Å². The highest BCUT2D eigenvalue weighted by molar-refractivity contribution is 7.91. The molecular formula is C19H17FO3S. The van der Waals surface area contributed by atoms with Gasteiger partial charge in [0.1, 0.15) is 11.4 Å². The van der Waals surface area contributed by atoms with Crippen molar-refractivity contribution < 1.29 is 17.9 Å². The highest BCUT2D eigenvalue weighted by Crippen LogP contribution is 2.28. The minimum absolute atomic E-state index is 0.00929. The molecule has 3 aromatic rings. The summed E-state index contributed by atoms with van der Waals surface area (Å²) in [5, 5.41) is 12.7. The normalized spacial score (nSPS) is 14.5. The Labute approximate surface area is 140 Å². The molecule has 3 nitrogen and oxygen atoms in total. The molecule has 0 saturated carbocycles. The Bertz CT molecular complexity index is 977. The van der Waals surface area contributed by atoms with E-state index in [9.17, 15) is 17.9 Å². The molecule has 0 amide bonds. The number of hydrogen-bond donors (Lipinski definition) is 1. The Morgan fingerprint density at radius 2 is 1.58 bits per heavy atom. The molecule has 1 unspecified atom stereocenters. The minimum atomic E-state index is -3.75. The van der Waals surface area contributed by atoms with Crippen LogP contribution in [-0.2, 0) is 15.4 Å². The highest BCUT2D eigenvalue weighted by atomic mass is 32.2. The molecule has 0 heterocycles. The van der Waals surface area contributed by atoms with Crippen LogP contribution in [0.4, 0.5) is 4.39 Å². The van der Waals surface area contributed by atoms with Gasteiger partial charge in [-0.2, -0.15) is 0 Å².